The van der Waals surface area contributed by atoms with Crippen molar-refractivity contribution in [2.45, 2.75) is 6.92 Å². The fraction of sp³-hybridized carbons (Fsp3) is 0.278. The Morgan fingerprint density at radius 2 is 1.88 bits per heavy atom. The minimum atomic E-state index is -0.453. The fourth-order valence-corrected chi connectivity index (χ4v) is 2.73. The first kappa shape index (κ1) is 16.9. The molecule has 2 amide bonds. The Bertz CT molecular complexity index is 771. The van der Waals surface area contributed by atoms with Crippen LogP contribution in [0.4, 0.5) is 15.9 Å². The molecule has 7 heteroatoms. The lowest BCUT2D eigenvalue weighted by Crippen LogP contribution is -2.48. The van der Waals surface area contributed by atoms with Crippen LogP contribution in [0.25, 0.3) is 0 Å². The number of halogens is 1. The molecule has 0 saturated carbocycles. The molecule has 1 N–H and O–H groups in total. The molecule has 1 saturated heterocycles. The summed E-state index contributed by atoms with van der Waals surface area (Å²) >= 11 is 0. The number of nitrogens with one attached hydrogen (secondary N) is 1. The van der Waals surface area contributed by atoms with Crippen LogP contribution in [0.3, 0.4) is 0 Å². The van der Waals surface area contributed by atoms with E-state index < -0.39 is 5.82 Å². The third-order valence-electron chi connectivity index (χ3n) is 4.14. The van der Waals surface area contributed by atoms with Gasteiger partial charge in [-0.15, -0.1) is 0 Å². The van der Waals surface area contributed by atoms with Crippen molar-refractivity contribution in [2.24, 2.45) is 0 Å². The highest BCUT2D eigenvalue weighted by molar-refractivity contribution is 6.04. The molecule has 1 aliphatic rings. The van der Waals surface area contributed by atoms with Gasteiger partial charge in [0.05, 0.1) is 11.9 Å². The molecule has 2 heterocycles. The van der Waals surface area contributed by atoms with Crippen LogP contribution in [0.2, 0.25) is 0 Å². The van der Waals surface area contributed by atoms with E-state index in [2.05, 4.69) is 15.2 Å². The van der Waals surface area contributed by atoms with E-state index in [-0.39, 0.29) is 17.4 Å². The Kier molecular flexibility index (Phi) is 4.92. The Hall–Kier alpha value is -2.96. The summed E-state index contributed by atoms with van der Waals surface area (Å²) in [6, 6.07) is 9.10. The van der Waals surface area contributed by atoms with E-state index in [4.69, 9.17) is 0 Å². The minimum Gasteiger partial charge on any atom is -0.353 e. The van der Waals surface area contributed by atoms with Gasteiger partial charge in [-0.1, -0.05) is 6.07 Å². The zero-order chi connectivity index (χ0) is 17.8. The quantitative estimate of drug-likeness (QED) is 0.928. The maximum atomic E-state index is 13.2. The molecule has 0 atom stereocenters. The van der Waals surface area contributed by atoms with Gasteiger partial charge in [-0.25, -0.2) is 9.37 Å². The van der Waals surface area contributed by atoms with Crippen LogP contribution in [-0.4, -0.2) is 47.9 Å². The van der Waals surface area contributed by atoms with Crippen LogP contribution in [0.5, 0.6) is 0 Å². The number of carbonyl (C=O) groups excluding carboxylic acids is 2. The third-order valence-corrected chi connectivity index (χ3v) is 4.14. The van der Waals surface area contributed by atoms with Crippen molar-refractivity contribution in [1.29, 1.82) is 0 Å². The van der Waals surface area contributed by atoms with Gasteiger partial charge in [-0.2, -0.15) is 0 Å². The number of aromatic nitrogens is 1. The summed E-state index contributed by atoms with van der Waals surface area (Å²) in [6.45, 7) is 4.37. The first-order valence-electron chi connectivity index (χ1n) is 8.06. The van der Waals surface area contributed by atoms with E-state index in [9.17, 15) is 14.0 Å². The van der Waals surface area contributed by atoms with Crippen LogP contribution in [0, 0.1) is 5.82 Å². The molecule has 3 rings (SSSR count). The van der Waals surface area contributed by atoms with E-state index in [1.54, 1.807) is 25.3 Å². The second-order valence-corrected chi connectivity index (χ2v) is 5.86. The summed E-state index contributed by atoms with van der Waals surface area (Å²) in [4.78, 5) is 31.7. The largest absolute Gasteiger partial charge is 0.353 e. The summed E-state index contributed by atoms with van der Waals surface area (Å²) in [5.74, 6) is 0.0462. The molecule has 1 fully saturated rings. The number of hydrogen-bond donors (Lipinski definition) is 1. The average molecular weight is 342 g/mol. The van der Waals surface area contributed by atoms with Crippen molar-refractivity contribution < 1.29 is 14.0 Å². The van der Waals surface area contributed by atoms with Crippen molar-refractivity contribution in [3.05, 3.63) is 54.0 Å². The first-order valence-corrected chi connectivity index (χ1v) is 8.06. The van der Waals surface area contributed by atoms with Crippen LogP contribution >= 0.6 is 0 Å². The topological polar surface area (TPSA) is 65.5 Å². The number of amides is 2. The number of rotatable bonds is 3. The van der Waals surface area contributed by atoms with Gasteiger partial charge < -0.3 is 15.1 Å². The molecule has 6 nitrogen and oxygen atoms in total. The Morgan fingerprint density at radius 3 is 2.48 bits per heavy atom. The van der Waals surface area contributed by atoms with Crippen molar-refractivity contribution in [3.63, 3.8) is 0 Å². The van der Waals surface area contributed by atoms with Gasteiger partial charge in [0, 0.05) is 38.7 Å². The maximum Gasteiger partial charge on any atom is 0.255 e. The first-order chi connectivity index (χ1) is 12.0. The molecule has 1 aromatic carbocycles. The number of nitrogens with zero attached hydrogens (tertiary/aromatic N) is 3. The van der Waals surface area contributed by atoms with Gasteiger partial charge in [0.25, 0.3) is 5.91 Å². The van der Waals surface area contributed by atoms with Crippen molar-refractivity contribution in [3.8, 4) is 0 Å². The molecule has 2 aromatic rings. The highest BCUT2D eigenvalue weighted by Crippen LogP contribution is 2.17. The summed E-state index contributed by atoms with van der Waals surface area (Å²) in [6.07, 6.45) is 1.57. The molecular formula is C18H19FN4O2. The second kappa shape index (κ2) is 7.29. The Balaban J connectivity index is 1.61. The van der Waals surface area contributed by atoms with Crippen molar-refractivity contribution in [1.82, 2.24) is 9.88 Å². The summed E-state index contributed by atoms with van der Waals surface area (Å²) in [7, 11) is 0. The third kappa shape index (κ3) is 4.12. The molecule has 0 aliphatic carbocycles. The SMILES string of the molecule is CC(=O)N1CCN(c2ccc(NC(=O)c3cccc(F)c3)cn2)CC1. The number of piperazine rings is 1. The predicted octanol–water partition coefficient (Wildman–Crippen LogP) is 2.14. The highest BCUT2D eigenvalue weighted by atomic mass is 19.1. The van der Waals surface area contributed by atoms with Gasteiger partial charge >= 0.3 is 0 Å². The van der Waals surface area contributed by atoms with E-state index in [0.717, 1.165) is 18.9 Å². The average Bonchev–Trinajstić information content (AvgIpc) is 2.62. The lowest BCUT2D eigenvalue weighted by Gasteiger charge is -2.34. The van der Waals surface area contributed by atoms with Crippen LogP contribution in [-0.2, 0) is 4.79 Å². The molecule has 0 radical (unpaired) electrons. The highest BCUT2D eigenvalue weighted by Gasteiger charge is 2.19. The number of pyridine rings is 1. The molecule has 130 valence electrons. The molecule has 1 aromatic heterocycles. The summed E-state index contributed by atoms with van der Waals surface area (Å²) in [5.41, 5.74) is 0.796. The second-order valence-electron chi connectivity index (χ2n) is 5.86. The molecule has 0 spiro atoms. The molecule has 25 heavy (non-hydrogen) atoms. The monoisotopic (exact) mass is 342 g/mol. The summed E-state index contributed by atoms with van der Waals surface area (Å²) in [5, 5.41) is 2.70. The van der Waals surface area contributed by atoms with Crippen LogP contribution in [0.15, 0.2) is 42.6 Å². The van der Waals surface area contributed by atoms with Gasteiger partial charge in [0.1, 0.15) is 11.6 Å². The molecule has 0 bridgehead atoms. The predicted molar refractivity (Wildman–Crippen MR) is 93.1 cm³/mol. The van der Waals surface area contributed by atoms with E-state index in [0.29, 0.717) is 18.8 Å². The van der Waals surface area contributed by atoms with E-state index in [1.165, 1.54) is 18.2 Å². The maximum absolute atomic E-state index is 13.2. The lowest BCUT2D eigenvalue weighted by atomic mass is 10.2. The number of anilines is 2. The fourth-order valence-electron chi connectivity index (χ4n) is 2.73. The molecule has 1 aliphatic heterocycles. The van der Waals surface area contributed by atoms with E-state index in [1.807, 2.05) is 11.0 Å². The molecular weight excluding hydrogens is 323 g/mol. The standard InChI is InChI=1S/C18H19FN4O2/c1-13(24)22-7-9-23(10-8-22)17-6-5-16(12-20-17)21-18(25)14-3-2-4-15(19)11-14/h2-6,11-12H,7-10H2,1H3,(H,21,25). The number of hydrogen-bond acceptors (Lipinski definition) is 4. The van der Waals surface area contributed by atoms with Crippen molar-refractivity contribution >= 4 is 23.3 Å². The smallest absolute Gasteiger partial charge is 0.255 e. The van der Waals surface area contributed by atoms with Crippen LogP contribution in [0.1, 0.15) is 17.3 Å². The zero-order valence-electron chi connectivity index (χ0n) is 13.9. The normalized spacial score (nSPS) is 14.3. The summed E-state index contributed by atoms with van der Waals surface area (Å²) < 4.78 is 13.2. The van der Waals surface area contributed by atoms with Gasteiger partial charge in [-0.3, -0.25) is 9.59 Å². The number of carbonyl (C=O) groups is 2. The van der Waals surface area contributed by atoms with Crippen molar-refractivity contribution in [2.75, 3.05) is 36.4 Å². The van der Waals surface area contributed by atoms with Gasteiger partial charge in [0.2, 0.25) is 5.91 Å². The Morgan fingerprint density at radius 1 is 1.12 bits per heavy atom. The van der Waals surface area contributed by atoms with E-state index >= 15 is 0 Å². The lowest BCUT2D eigenvalue weighted by molar-refractivity contribution is -0.129. The van der Waals surface area contributed by atoms with Gasteiger partial charge in [-0.05, 0) is 30.3 Å². The Labute approximate surface area is 145 Å². The van der Waals surface area contributed by atoms with Crippen LogP contribution < -0.4 is 10.2 Å². The zero-order valence-corrected chi connectivity index (χ0v) is 13.9. The minimum absolute atomic E-state index is 0.0861. The number of benzene rings is 1. The van der Waals surface area contributed by atoms with Gasteiger partial charge in [0.15, 0.2) is 0 Å². The molecule has 0 unspecified atom stereocenters.